The van der Waals surface area contributed by atoms with Gasteiger partial charge in [0.25, 0.3) is 0 Å². The van der Waals surface area contributed by atoms with Gasteiger partial charge in [-0.05, 0) is 39.8 Å². The number of rotatable bonds is 0. The lowest BCUT2D eigenvalue weighted by molar-refractivity contribution is -0.197. The summed E-state index contributed by atoms with van der Waals surface area (Å²) >= 11 is 0. The number of carbonyl (C=O) groups excluding carboxylic acids is 1. The Bertz CT molecular complexity index is 757. The summed E-state index contributed by atoms with van der Waals surface area (Å²) in [6, 6.07) is 7.07. The van der Waals surface area contributed by atoms with Crippen LogP contribution in [0.4, 0.5) is 13.2 Å². The fraction of sp³-hybridized carbons (Fsp3) is 0.438. The van der Waals surface area contributed by atoms with Crippen molar-refractivity contribution < 1.29 is 18.0 Å². The number of alkyl halides is 3. The topological polar surface area (TPSA) is 46.1 Å². The van der Waals surface area contributed by atoms with E-state index in [1.165, 1.54) is 0 Å². The van der Waals surface area contributed by atoms with E-state index in [2.05, 4.69) is 9.97 Å². The molecule has 0 N–H and O–H groups in total. The largest absolute Gasteiger partial charge is 0.471 e. The van der Waals surface area contributed by atoms with Crippen molar-refractivity contribution in [2.75, 3.05) is 0 Å². The normalized spacial score (nSPS) is 19.0. The van der Waals surface area contributed by atoms with Gasteiger partial charge in [-0.1, -0.05) is 12.1 Å². The van der Waals surface area contributed by atoms with Crippen molar-refractivity contribution >= 4 is 16.9 Å². The van der Waals surface area contributed by atoms with Crippen LogP contribution in [0.5, 0.6) is 0 Å². The van der Waals surface area contributed by atoms with Crippen molar-refractivity contribution in [3.63, 3.8) is 0 Å². The van der Waals surface area contributed by atoms with Crippen LogP contribution in [0.2, 0.25) is 0 Å². The summed E-state index contributed by atoms with van der Waals surface area (Å²) in [4.78, 5) is 21.8. The van der Waals surface area contributed by atoms with Crippen molar-refractivity contribution in [1.29, 1.82) is 0 Å². The molecule has 1 aromatic heterocycles. The van der Waals surface area contributed by atoms with Gasteiger partial charge in [-0.3, -0.25) is 4.79 Å². The molecule has 0 fully saturated rings. The van der Waals surface area contributed by atoms with E-state index in [1.54, 1.807) is 52.0 Å². The zero-order valence-electron chi connectivity index (χ0n) is 13.2. The van der Waals surface area contributed by atoms with E-state index in [1.807, 2.05) is 0 Å². The first-order valence-corrected chi connectivity index (χ1v) is 7.16. The Morgan fingerprint density at radius 3 is 1.70 bits per heavy atom. The van der Waals surface area contributed by atoms with E-state index in [-0.39, 0.29) is 0 Å². The number of hydrogen-bond donors (Lipinski definition) is 0. The predicted molar refractivity (Wildman–Crippen MR) is 78.5 cm³/mol. The Morgan fingerprint density at radius 2 is 1.35 bits per heavy atom. The fourth-order valence-electron chi connectivity index (χ4n) is 3.40. The number of nitrogens with zero attached hydrogens (tertiary/aromatic N) is 3. The van der Waals surface area contributed by atoms with Crippen LogP contribution in [-0.2, 0) is 15.9 Å². The lowest BCUT2D eigenvalue weighted by Gasteiger charge is -2.40. The fourth-order valence-corrected chi connectivity index (χ4v) is 3.40. The molecule has 0 saturated heterocycles. The van der Waals surface area contributed by atoms with Crippen LogP contribution in [0.25, 0.3) is 11.0 Å². The highest BCUT2D eigenvalue weighted by Gasteiger charge is 2.59. The Kier molecular flexibility index (Phi) is 3.02. The van der Waals surface area contributed by atoms with Crippen LogP contribution in [0.1, 0.15) is 39.1 Å². The minimum Gasteiger partial charge on any atom is -0.313 e. The van der Waals surface area contributed by atoms with E-state index in [4.69, 9.17) is 0 Å². The average Bonchev–Trinajstić information content (AvgIpc) is 2.58. The third kappa shape index (κ3) is 2.09. The summed E-state index contributed by atoms with van der Waals surface area (Å²) in [6.07, 6.45) is -4.95. The van der Waals surface area contributed by atoms with E-state index >= 15 is 0 Å². The summed E-state index contributed by atoms with van der Waals surface area (Å²) in [6.45, 7) is 6.25. The van der Waals surface area contributed by atoms with Gasteiger partial charge in [0.05, 0.1) is 33.5 Å². The molecule has 0 aliphatic carbocycles. The molecular weight excluding hydrogens is 307 g/mol. The van der Waals surface area contributed by atoms with Gasteiger partial charge in [0, 0.05) is 0 Å². The first-order chi connectivity index (χ1) is 10.5. The lowest BCUT2D eigenvalue weighted by Crippen LogP contribution is -2.54. The monoisotopic (exact) mass is 323 g/mol. The third-order valence-corrected chi connectivity index (χ3v) is 4.29. The molecule has 4 nitrogen and oxygen atoms in total. The summed E-state index contributed by atoms with van der Waals surface area (Å²) in [5.41, 5.74) is -0.421. The van der Waals surface area contributed by atoms with Crippen molar-refractivity contribution in [3.05, 3.63) is 35.7 Å². The van der Waals surface area contributed by atoms with Gasteiger partial charge >= 0.3 is 12.1 Å². The molecule has 23 heavy (non-hydrogen) atoms. The second kappa shape index (κ2) is 4.43. The SMILES string of the molecule is CC1(C)c2nc3ccccc3nc2C(C)(C)N1C(=O)C(F)(F)F. The molecule has 3 rings (SSSR count). The van der Waals surface area contributed by atoms with Gasteiger partial charge < -0.3 is 4.90 Å². The van der Waals surface area contributed by atoms with Crippen LogP contribution in [-0.4, -0.2) is 27.0 Å². The molecule has 0 spiro atoms. The number of para-hydroxylation sites is 2. The van der Waals surface area contributed by atoms with Crippen molar-refractivity contribution in [2.45, 2.75) is 44.9 Å². The smallest absolute Gasteiger partial charge is 0.313 e. The quantitative estimate of drug-likeness (QED) is 0.745. The minimum absolute atomic E-state index is 0.402. The summed E-state index contributed by atoms with van der Waals surface area (Å²) in [5.74, 6) is -1.88. The molecule has 2 aromatic rings. The molecule has 1 aliphatic rings. The molecule has 0 atom stereocenters. The van der Waals surface area contributed by atoms with E-state index in [0.29, 0.717) is 22.4 Å². The Labute approximate surface area is 131 Å². The highest BCUT2D eigenvalue weighted by atomic mass is 19.4. The summed E-state index contributed by atoms with van der Waals surface area (Å²) in [7, 11) is 0. The Morgan fingerprint density at radius 1 is 0.957 bits per heavy atom. The number of hydrogen-bond acceptors (Lipinski definition) is 3. The number of fused-ring (bicyclic) bond motifs is 2. The van der Waals surface area contributed by atoms with Crippen LogP contribution in [0.15, 0.2) is 24.3 Å². The zero-order valence-corrected chi connectivity index (χ0v) is 13.2. The van der Waals surface area contributed by atoms with Gasteiger partial charge in [-0.15, -0.1) is 0 Å². The third-order valence-electron chi connectivity index (χ3n) is 4.29. The maximum Gasteiger partial charge on any atom is 0.471 e. The molecule has 0 unspecified atom stereocenters. The second-order valence-electron chi connectivity index (χ2n) is 6.67. The van der Waals surface area contributed by atoms with Gasteiger partial charge in [-0.25, -0.2) is 9.97 Å². The van der Waals surface area contributed by atoms with E-state index < -0.39 is 23.2 Å². The standard InChI is InChI=1S/C16H16F3N3O/c1-14(2)11-12(21-10-8-6-5-7-9(10)20-11)15(3,4)22(14)13(23)16(17,18)19/h5-8H,1-4H3. The van der Waals surface area contributed by atoms with E-state index in [0.717, 1.165) is 4.90 Å². The average molecular weight is 323 g/mol. The number of carbonyl (C=O) groups is 1. The summed E-state index contributed by atoms with van der Waals surface area (Å²) in [5, 5.41) is 0. The second-order valence-corrected chi connectivity index (χ2v) is 6.67. The van der Waals surface area contributed by atoms with Crippen molar-refractivity contribution in [3.8, 4) is 0 Å². The minimum atomic E-state index is -4.95. The number of benzene rings is 1. The van der Waals surface area contributed by atoms with Crippen molar-refractivity contribution in [1.82, 2.24) is 14.9 Å². The molecule has 2 heterocycles. The number of halogens is 3. The number of aromatic nitrogens is 2. The highest BCUT2D eigenvalue weighted by molar-refractivity contribution is 5.85. The number of amides is 1. The lowest BCUT2D eigenvalue weighted by atomic mass is 10.00. The van der Waals surface area contributed by atoms with E-state index in [9.17, 15) is 18.0 Å². The zero-order chi connectivity index (χ0) is 17.2. The van der Waals surface area contributed by atoms with Crippen LogP contribution in [0, 0.1) is 0 Å². The van der Waals surface area contributed by atoms with Gasteiger partial charge in [0.1, 0.15) is 0 Å². The molecular formula is C16H16F3N3O. The molecule has 0 saturated carbocycles. The highest BCUT2D eigenvalue weighted by Crippen LogP contribution is 2.49. The van der Waals surface area contributed by atoms with Gasteiger partial charge in [0.2, 0.25) is 0 Å². The van der Waals surface area contributed by atoms with Crippen molar-refractivity contribution in [2.24, 2.45) is 0 Å². The molecule has 0 radical (unpaired) electrons. The molecule has 1 aliphatic heterocycles. The van der Waals surface area contributed by atoms with Crippen LogP contribution in [0.3, 0.4) is 0 Å². The molecule has 1 amide bonds. The first-order valence-electron chi connectivity index (χ1n) is 7.16. The maximum atomic E-state index is 13.1. The molecule has 7 heteroatoms. The van der Waals surface area contributed by atoms with Gasteiger partial charge in [-0.2, -0.15) is 13.2 Å². The maximum absolute atomic E-state index is 13.1. The first kappa shape index (κ1) is 15.7. The molecule has 122 valence electrons. The van der Waals surface area contributed by atoms with Crippen LogP contribution >= 0.6 is 0 Å². The Balaban J connectivity index is 2.28. The van der Waals surface area contributed by atoms with Gasteiger partial charge in [0.15, 0.2) is 0 Å². The molecule has 0 bridgehead atoms. The Hall–Kier alpha value is -2.18. The predicted octanol–water partition coefficient (Wildman–Crippen LogP) is 3.50. The molecule has 1 aromatic carbocycles. The summed E-state index contributed by atoms with van der Waals surface area (Å²) < 4.78 is 39.2. The van der Waals surface area contributed by atoms with Crippen LogP contribution < -0.4 is 0 Å².